The van der Waals surface area contributed by atoms with Crippen LogP contribution in [0.25, 0.3) is 0 Å². The van der Waals surface area contributed by atoms with Gasteiger partial charge in [0.05, 0.1) is 16.1 Å². The van der Waals surface area contributed by atoms with Gasteiger partial charge in [-0.3, -0.25) is 4.79 Å². The molecule has 20 heavy (non-hydrogen) atoms. The SMILES string of the molecule is CC(O)CN/C=C(/C#N)C(=O)Nc1ccc(Cl)c(Cl)c1. The zero-order chi connectivity index (χ0) is 15.1. The number of carbonyl (C=O) groups excluding carboxylic acids is 1. The smallest absolute Gasteiger partial charge is 0.267 e. The van der Waals surface area contributed by atoms with E-state index in [4.69, 9.17) is 33.6 Å². The molecule has 5 nitrogen and oxygen atoms in total. The summed E-state index contributed by atoms with van der Waals surface area (Å²) in [6, 6.07) is 6.37. The number of aliphatic hydroxyl groups excluding tert-OH is 1. The van der Waals surface area contributed by atoms with Crippen LogP contribution in [-0.2, 0) is 4.79 Å². The molecule has 7 heteroatoms. The molecular weight excluding hydrogens is 301 g/mol. The quantitative estimate of drug-likeness (QED) is 0.575. The average molecular weight is 314 g/mol. The Balaban J connectivity index is 2.72. The van der Waals surface area contributed by atoms with E-state index in [1.807, 2.05) is 0 Å². The number of aliphatic hydroxyl groups is 1. The van der Waals surface area contributed by atoms with Crippen molar-refractivity contribution >= 4 is 34.8 Å². The van der Waals surface area contributed by atoms with Crippen molar-refractivity contribution < 1.29 is 9.90 Å². The minimum atomic E-state index is -0.580. The van der Waals surface area contributed by atoms with Crippen LogP contribution in [-0.4, -0.2) is 23.7 Å². The van der Waals surface area contributed by atoms with Crippen molar-refractivity contribution in [2.45, 2.75) is 13.0 Å². The lowest BCUT2D eigenvalue weighted by molar-refractivity contribution is -0.112. The molecule has 1 amide bonds. The van der Waals surface area contributed by atoms with Crippen molar-refractivity contribution in [2.75, 3.05) is 11.9 Å². The third-order valence-electron chi connectivity index (χ3n) is 2.20. The van der Waals surface area contributed by atoms with Gasteiger partial charge in [-0.25, -0.2) is 0 Å². The second-order valence-corrected chi connectivity index (χ2v) is 4.82. The number of amides is 1. The van der Waals surface area contributed by atoms with Gasteiger partial charge in [-0.15, -0.1) is 0 Å². The van der Waals surface area contributed by atoms with E-state index in [-0.39, 0.29) is 12.1 Å². The van der Waals surface area contributed by atoms with Gasteiger partial charge in [-0.05, 0) is 25.1 Å². The molecular formula is C13H13Cl2N3O2. The van der Waals surface area contributed by atoms with Crippen LogP contribution < -0.4 is 10.6 Å². The Labute approximate surface area is 126 Å². The summed E-state index contributed by atoms with van der Waals surface area (Å²) >= 11 is 11.6. The first-order chi connectivity index (χ1) is 9.43. The van der Waals surface area contributed by atoms with Crippen molar-refractivity contribution in [2.24, 2.45) is 0 Å². The van der Waals surface area contributed by atoms with Gasteiger partial charge in [0, 0.05) is 18.4 Å². The number of hydrogen-bond donors (Lipinski definition) is 3. The van der Waals surface area contributed by atoms with Crippen molar-refractivity contribution in [3.8, 4) is 6.07 Å². The third kappa shape index (κ3) is 5.10. The van der Waals surface area contributed by atoms with E-state index >= 15 is 0 Å². The highest BCUT2D eigenvalue weighted by atomic mass is 35.5. The largest absolute Gasteiger partial charge is 0.392 e. The number of hydrogen-bond acceptors (Lipinski definition) is 4. The fraction of sp³-hybridized carbons (Fsp3) is 0.231. The third-order valence-corrected chi connectivity index (χ3v) is 2.94. The van der Waals surface area contributed by atoms with E-state index in [2.05, 4.69) is 10.6 Å². The number of carbonyl (C=O) groups is 1. The van der Waals surface area contributed by atoms with E-state index in [0.29, 0.717) is 15.7 Å². The van der Waals surface area contributed by atoms with Gasteiger partial charge >= 0.3 is 0 Å². The van der Waals surface area contributed by atoms with Crippen molar-refractivity contribution in [3.63, 3.8) is 0 Å². The fourth-order valence-electron chi connectivity index (χ4n) is 1.25. The molecule has 106 valence electrons. The minimum absolute atomic E-state index is 0.114. The van der Waals surface area contributed by atoms with Crippen LogP contribution in [0.1, 0.15) is 6.92 Å². The molecule has 0 aliphatic carbocycles. The van der Waals surface area contributed by atoms with E-state index in [9.17, 15) is 4.79 Å². The van der Waals surface area contributed by atoms with E-state index in [1.165, 1.54) is 12.3 Å². The number of anilines is 1. The second-order valence-electron chi connectivity index (χ2n) is 4.01. The molecule has 0 fully saturated rings. The molecule has 0 saturated carbocycles. The molecule has 1 atom stereocenters. The minimum Gasteiger partial charge on any atom is -0.392 e. The molecule has 0 saturated heterocycles. The highest BCUT2D eigenvalue weighted by Crippen LogP contribution is 2.25. The van der Waals surface area contributed by atoms with Crippen LogP contribution >= 0.6 is 23.2 Å². The predicted molar refractivity (Wildman–Crippen MR) is 78.5 cm³/mol. The number of benzene rings is 1. The Hall–Kier alpha value is -1.74. The Morgan fingerprint density at radius 2 is 2.20 bits per heavy atom. The standard InChI is InChI=1S/C13H13Cl2N3O2/c1-8(19)6-17-7-9(5-16)13(20)18-10-2-3-11(14)12(15)4-10/h2-4,7-8,17,19H,6H2,1H3,(H,18,20)/b9-7-. The number of rotatable bonds is 5. The summed E-state index contributed by atoms with van der Waals surface area (Å²) in [4.78, 5) is 11.8. The topological polar surface area (TPSA) is 85.2 Å². The van der Waals surface area contributed by atoms with Crippen LogP contribution in [0.3, 0.4) is 0 Å². The lowest BCUT2D eigenvalue weighted by atomic mass is 10.2. The summed E-state index contributed by atoms with van der Waals surface area (Å²) < 4.78 is 0. The highest BCUT2D eigenvalue weighted by molar-refractivity contribution is 6.42. The van der Waals surface area contributed by atoms with E-state index < -0.39 is 12.0 Å². The summed E-state index contributed by atoms with van der Waals surface area (Å²) in [5, 5.41) is 23.9. The maximum absolute atomic E-state index is 11.8. The first kappa shape index (κ1) is 16.3. The number of nitrogens with one attached hydrogen (secondary N) is 2. The van der Waals surface area contributed by atoms with Gasteiger partial charge < -0.3 is 15.7 Å². The zero-order valence-corrected chi connectivity index (χ0v) is 12.2. The van der Waals surface area contributed by atoms with Crippen LogP contribution in [0.5, 0.6) is 0 Å². The molecule has 3 N–H and O–H groups in total. The Bertz CT molecular complexity index is 565. The lowest BCUT2D eigenvalue weighted by Gasteiger charge is -2.07. The maximum Gasteiger partial charge on any atom is 0.267 e. The predicted octanol–water partition coefficient (Wildman–Crippen LogP) is 2.31. The monoisotopic (exact) mass is 313 g/mol. The van der Waals surface area contributed by atoms with E-state index in [0.717, 1.165) is 0 Å². The maximum atomic E-state index is 11.8. The second kappa shape index (κ2) is 7.75. The molecule has 1 unspecified atom stereocenters. The fourth-order valence-corrected chi connectivity index (χ4v) is 1.55. The molecule has 0 aliphatic heterocycles. The Morgan fingerprint density at radius 1 is 1.50 bits per heavy atom. The summed E-state index contributed by atoms with van der Waals surface area (Å²) in [5.74, 6) is -0.580. The molecule has 0 aliphatic rings. The van der Waals surface area contributed by atoms with Gasteiger partial charge in [-0.1, -0.05) is 23.2 Å². The van der Waals surface area contributed by atoms with Gasteiger partial charge in [0.15, 0.2) is 0 Å². The lowest BCUT2D eigenvalue weighted by Crippen LogP contribution is -2.22. The summed E-state index contributed by atoms with van der Waals surface area (Å²) in [6.45, 7) is 1.83. The highest BCUT2D eigenvalue weighted by Gasteiger charge is 2.10. The Morgan fingerprint density at radius 3 is 2.75 bits per heavy atom. The van der Waals surface area contributed by atoms with Gasteiger partial charge in [-0.2, -0.15) is 5.26 Å². The number of nitrogens with zero attached hydrogens (tertiary/aromatic N) is 1. The normalized spacial score (nSPS) is 12.4. The van der Waals surface area contributed by atoms with Crippen LogP contribution in [0, 0.1) is 11.3 Å². The summed E-state index contributed by atoms with van der Waals surface area (Å²) in [6.07, 6.45) is 0.670. The molecule has 1 aromatic rings. The zero-order valence-electron chi connectivity index (χ0n) is 10.7. The van der Waals surface area contributed by atoms with E-state index in [1.54, 1.807) is 25.1 Å². The van der Waals surface area contributed by atoms with Crippen LogP contribution in [0.4, 0.5) is 5.69 Å². The molecule has 1 rings (SSSR count). The molecule has 0 spiro atoms. The van der Waals surface area contributed by atoms with Crippen molar-refractivity contribution in [1.82, 2.24) is 5.32 Å². The molecule has 0 heterocycles. The van der Waals surface area contributed by atoms with Gasteiger partial charge in [0.2, 0.25) is 0 Å². The van der Waals surface area contributed by atoms with Crippen molar-refractivity contribution in [3.05, 3.63) is 40.0 Å². The van der Waals surface area contributed by atoms with Gasteiger partial charge in [0.1, 0.15) is 11.6 Å². The Kier molecular flexibility index (Phi) is 6.32. The van der Waals surface area contributed by atoms with Crippen molar-refractivity contribution in [1.29, 1.82) is 5.26 Å². The number of nitriles is 1. The summed E-state index contributed by atoms with van der Waals surface area (Å²) in [5.41, 5.74) is 0.317. The number of halogens is 2. The summed E-state index contributed by atoms with van der Waals surface area (Å²) in [7, 11) is 0. The molecule has 0 bridgehead atoms. The van der Waals surface area contributed by atoms with Crippen LogP contribution in [0.15, 0.2) is 30.0 Å². The first-order valence-electron chi connectivity index (χ1n) is 5.72. The van der Waals surface area contributed by atoms with Gasteiger partial charge in [0.25, 0.3) is 5.91 Å². The molecule has 0 radical (unpaired) electrons. The molecule has 0 aromatic heterocycles. The molecule has 1 aromatic carbocycles. The first-order valence-corrected chi connectivity index (χ1v) is 6.47. The average Bonchev–Trinajstić information content (AvgIpc) is 2.38. The van der Waals surface area contributed by atoms with Crippen LogP contribution in [0.2, 0.25) is 10.0 Å².